The third-order valence-corrected chi connectivity index (χ3v) is 4.83. The van der Waals surface area contributed by atoms with Crippen LogP contribution in [0.4, 0.5) is 0 Å². The summed E-state index contributed by atoms with van der Waals surface area (Å²) in [6.45, 7) is 3.11. The molecule has 25 heavy (non-hydrogen) atoms. The van der Waals surface area contributed by atoms with E-state index in [0.717, 1.165) is 37.4 Å². The number of ether oxygens (including phenoxy) is 3. The Morgan fingerprint density at radius 1 is 1.32 bits per heavy atom. The molecule has 6 nitrogen and oxygen atoms in total. The molecule has 2 aliphatic rings. The molecule has 140 valence electrons. The van der Waals surface area contributed by atoms with Crippen LogP contribution in [0.5, 0.6) is 11.5 Å². The first-order valence-electron chi connectivity index (χ1n) is 8.48. The quantitative estimate of drug-likeness (QED) is 0.855. The van der Waals surface area contributed by atoms with Crippen molar-refractivity contribution in [2.24, 2.45) is 5.41 Å². The predicted octanol–water partition coefficient (Wildman–Crippen LogP) is 1.72. The third kappa shape index (κ3) is 4.37. The predicted molar refractivity (Wildman–Crippen MR) is 97.7 cm³/mol. The van der Waals surface area contributed by atoms with Gasteiger partial charge in [0.25, 0.3) is 0 Å². The lowest BCUT2D eigenvalue weighted by Crippen LogP contribution is -2.53. The highest BCUT2D eigenvalue weighted by Crippen LogP contribution is 2.33. The van der Waals surface area contributed by atoms with E-state index in [1.807, 2.05) is 31.3 Å². The lowest BCUT2D eigenvalue weighted by atomic mass is 9.78. The number of nitrogens with one attached hydrogen (secondary N) is 1. The molecule has 0 aliphatic carbocycles. The molecule has 1 N–H and O–H groups in total. The van der Waals surface area contributed by atoms with Gasteiger partial charge >= 0.3 is 0 Å². The number of piperidine rings is 1. The van der Waals surface area contributed by atoms with Crippen LogP contribution in [0.25, 0.3) is 0 Å². The topological polar surface area (TPSA) is 60.0 Å². The van der Waals surface area contributed by atoms with Crippen LogP contribution >= 0.6 is 12.4 Å². The average molecular weight is 371 g/mol. The number of fused-ring (bicyclic) bond motifs is 1. The normalized spacial score (nSPS) is 21.1. The summed E-state index contributed by atoms with van der Waals surface area (Å²) in [5, 5.41) is 3.31. The first kappa shape index (κ1) is 19.8. The Hall–Kier alpha value is -1.50. The van der Waals surface area contributed by atoms with Crippen molar-refractivity contribution in [3.05, 3.63) is 24.3 Å². The molecular weight excluding hydrogens is 344 g/mol. The number of hydrogen-bond acceptors (Lipinski definition) is 5. The Morgan fingerprint density at radius 3 is 2.68 bits per heavy atom. The van der Waals surface area contributed by atoms with E-state index in [4.69, 9.17) is 14.2 Å². The van der Waals surface area contributed by atoms with Crippen LogP contribution in [0.15, 0.2) is 24.3 Å². The Labute approximate surface area is 155 Å². The van der Waals surface area contributed by atoms with Crippen LogP contribution in [0, 0.1) is 5.41 Å². The van der Waals surface area contributed by atoms with Crippen molar-refractivity contribution < 1.29 is 19.0 Å². The van der Waals surface area contributed by atoms with E-state index in [-0.39, 0.29) is 24.4 Å². The average Bonchev–Trinajstić information content (AvgIpc) is 2.62. The maximum Gasteiger partial charge on any atom is 0.231 e. The molecule has 2 heterocycles. The van der Waals surface area contributed by atoms with E-state index in [2.05, 4.69) is 5.32 Å². The number of nitrogens with zero attached hydrogens (tertiary/aromatic N) is 1. The van der Waals surface area contributed by atoms with Gasteiger partial charge in [0.15, 0.2) is 17.6 Å². The number of carbonyl (C=O) groups is 1. The zero-order chi connectivity index (χ0) is 17.0. The Kier molecular flexibility index (Phi) is 6.93. The monoisotopic (exact) mass is 370 g/mol. The molecule has 7 heteroatoms. The molecule has 1 atom stereocenters. The van der Waals surface area contributed by atoms with E-state index in [9.17, 15) is 4.79 Å². The minimum atomic E-state index is -0.428. The maximum atomic E-state index is 13.1. The highest BCUT2D eigenvalue weighted by Gasteiger charge is 2.42. The van der Waals surface area contributed by atoms with Crippen molar-refractivity contribution in [1.29, 1.82) is 0 Å². The standard InChI is InChI=1S/C18H26N2O4.ClH/c1-20(17(21)18(13-22-2)7-9-19-10-8-18)11-14-12-23-15-5-3-4-6-16(15)24-14;/h3-6,14,19H,7-13H2,1-2H3;1H. The molecule has 1 amide bonds. The molecule has 3 rings (SSSR count). The van der Waals surface area contributed by atoms with Gasteiger partial charge < -0.3 is 24.4 Å². The minimum absolute atomic E-state index is 0. The van der Waals surface area contributed by atoms with Gasteiger partial charge in [0.05, 0.1) is 18.6 Å². The molecule has 0 bridgehead atoms. The molecule has 1 aromatic rings. The second-order valence-corrected chi connectivity index (χ2v) is 6.65. The Bertz CT molecular complexity index is 572. The van der Waals surface area contributed by atoms with E-state index in [1.54, 1.807) is 12.0 Å². The van der Waals surface area contributed by atoms with Gasteiger partial charge in [-0.2, -0.15) is 0 Å². The number of benzene rings is 1. The van der Waals surface area contributed by atoms with Gasteiger partial charge in [-0.15, -0.1) is 12.4 Å². The molecule has 1 fully saturated rings. The van der Waals surface area contributed by atoms with E-state index in [1.165, 1.54) is 0 Å². The third-order valence-electron chi connectivity index (χ3n) is 4.83. The molecule has 1 aromatic carbocycles. The Morgan fingerprint density at radius 2 is 2.00 bits per heavy atom. The van der Waals surface area contributed by atoms with Gasteiger partial charge in [-0.25, -0.2) is 0 Å². The molecule has 0 aromatic heterocycles. The summed E-state index contributed by atoms with van der Waals surface area (Å²) in [5.41, 5.74) is -0.428. The van der Waals surface area contributed by atoms with Crippen LogP contribution in [-0.2, 0) is 9.53 Å². The summed E-state index contributed by atoms with van der Waals surface area (Å²) in [6, 6.07) is 7.62. The Balaban J connectivity index is 0.00000225. The van der Waals surface area contributed by atoms with Crippen molar-refractivity contribution in [1.82, 2.24) is 10.2 Å². The molecule has 0 radical (unpaired) electrons. The number of rotatable bonds is 5. The highest BCUT2D eigenvalue weighted by atomic mass is 35.5. The lowest BCUT2D eigenvalue weighted by Gasteiger charge is -2.39. The summed E-state index contributed by atoms with van der Waals surface area (Å²) in [6.07, 6.45) is 1.44. The molecule has 1 saturated heterocycles. The fraction of sp³-hybridized carbons (Fsp3) is 0.611. The number of carbonyl (C=O) groups excluding carboxylic acids is 1. The summed E-state index contributed by atoms with van der Waals surface area (Å²) in [5.74, 6) is 1.63. The second-order valence-electron chi connectivity index (χ2n) is 6.65. The SMILES string of the molecule is COCC1(C(=O)N(C)CC2COc3ccccc3O2)CCNCC1.Cl. The number of halogens is 1. The van der Waals surface area contributed by atoms with Gasteiger partial charge in [0, 0.05) is 14.2 Å². The zero-order valence-corrected chi connectivity index (χ0v) is 15.6. The molecule has 2 aliphatic heterocycles. The maximum absolute atomic E-state index is 13.1. The molecule has 0 saturated carbocycles. The fourth-order valence-electron chi connectivity index (χ4n) is 3.55. The van der Waals surface area contributed by atoms with Crippen molar-refractivity contribution >= 4 is 18.3 Å². The van der Waals surface area contributed by atoms with Gasteiger partial charge in [-0.1, -0.05) is 12.1 Å². The number of hydrogen-bond donors (Lipinski definition) is 1. The number of para-hydroxylation sites is 2. The van der Waals surface area contributed by atoms with Crippen molar-refractivity contribution in [2.45, 2.75) is 18.9 Å². The summed E-state index contributed by atoms with van der Waals surface area (Å²) < 4.78 is 17.1. The fourth-order valence-corrected chi connectivity index (χ4v) is 3.55. The largest absolute Gasteiger partial charge is 0.486 e. The van der Waals surface area contributed by atoms with Gasteiger partial charge in [0.2, 0.25) is 5.91 Å². The van der Waals surface area contributed by atoms with Crippen molar-refractivity contribution in [3.63, 3.8) is 0 Å². The van der Waals surface area contributed by atoms with Crippen LogP contribution < -0.4 is 14.8 Å². The van der Waals surface area contributed by atoms with Crippen LogP contribution in [0.2, 0.25) is 0 Å². The summed E-state index contributed by atoms with van der Waals surface area (Å²) >= 11 is 0. The second kappa shape index (κ2) is 8.74. The summed E-state index contributed by atoms with van der Waals surface area (Å²) in [7, 11) is 3.50. The van der Waals surface area contributed by atoms with Gasteiger partial charge in [0.1, 0.15) is 6.61 Å². The lowest BCUT2D eigenvalue weighted by molar-refractivity contribution is -0.147. The van der Waals surface area contributed by atoms with E-state index < -0.39 is 5.41 Å². The van der Waals surface area contributed by atoms with Crippen LogP contribution in [-0.4, -0.2) is 63.9 Å². The molecule has 0 spiro atoms. The van der Waals surface area contributed by atoms with E-state index >= 15 is 0 Å². The highest BCUT2D eigenvalue weighted by molar-refractivity contribution is 5.85. The van der Waals surface area contributed by atoms with E-state index in [0.29, 0.717) is 19.8 Å². The minimum Gasteiger partial charge on any atom is -0.486 e. The zero-order valence-electron chi connectivity index (χ0n) is 14.8. The number of methoxy groups -OCH3 is 1. The van der Waals surface area contributed by atoms with Crippen molar-refractivity contribution in [2.75, 3.05) is 47.0 Å². The first-order chi connectivity index (χ1) is 11.6. The summed E-state index contributed by atoms with van der Waals surface area (Å²) in [4.78, 5) is 14.8. The molecular formula is C18H27ClN2O4. The first-order valence-corrected chi connectivity index (χ1v) is 8.48. The smallest absolute Gasteiger partial charge is 0.231 e. The van der Waals surface area contributed by atoms with Gasteiger partial charge in [-0.05, 0) is 38.1 Å². The van der Waals surface area contributed by atoms with Crippen LogP contribution in [0.3, 0.4) is 0 Å². The van der Waals surface area contributed by atoms with Crippen LogP contribution in [0.1, 0.15) is 12.8 Å². The van der Waals surface area contributed by atoms with Crippen molar-refractivity contribution in [3.8, 4) is 11.5 Å². The number of amides is 1. The molecule has 1 unspecified atom stereocenters. The van der Waals surface area contributed by atoms with Gasteiger partial charge in [-0.3, -0.25) is 4.79 Å². The number of likely N-dealkylation sites (N-methyl/N-ethyl adjacent to an activating group) is 1.